The maximum absolute atomic E-state index is 13.6. The minimum Gasteiger partial charge on any atom is -0.462 e. The van der Waals surface area contributed by atoms with Crippen LogP contribution in [0.2, 0.25) is 5.02 Å². The molecule has 0 aliphatic rings. The topological polar surface area (TPSA) is 52.3 Å². The number of carbonyl (C=O) groups excluding carboxylic acids is 1. The number of hydrogen-bond acceptors (Lipinski definition) is 3. The van der Waals surface area contributed by atoms with Gasteiger partial charge in [0, 0.05) is 10.6 Å². The van der Waals surface area contributed by atoms with Gasteiger partial charge < -0.3 is 10.5 Å². The molecule has 0 aliphatic heterocycles. The summed E-state index contributed by atoms with van der Waals surface area (Å²) in [6.45, 7) is 1.15. The highest BCUT2D eigenvalue weighted by Gasteiger charge is 2.48. The maximum atomic E-state index is 13.6. The van der Waals surface area contributed by atoms with E-state index in [1.54, 1.807) is 0 Å². The van der Waals surface area contributed by atoms with Crippen LogP contribution < -0.4 is 5.73 Å². The average molecular weight is 282 g/mol. The molecule has 1 atom stereocenters. The van der Waals surface area contributed by atoms with Gasteiger partial charge in [0.2, 0.25) is 0 Å². The number of nitrogens with two attached hydrogens (primary N) is 1. The standard InChI is InChI=1S/C11H11ClF3NO2/c1-2-18-10(17)11(14,15)9(16)7-5-6(12)3-4-8(7)13/h3-5,9H,2,16H2,1H3/t9-/m1/s1. The number of rotatable bonds is 4. The van der Waals surface area contributed by atoms with Crippen molar-refractivity contribution in [1.29, 1.82) is 0 Å². The summed E-state index contributed by atoms with van der Waals surface area (Å²) in [4.78, 5) is 11.1. The van der Waals surface area contributed by atoms with Crippen molar-refractivity contribution in [3.63, 3.8) is 0 Å². The first-order valence-electron chi connectivity index (χ1n) is 5.06. The number of hydrogen-bond donors (Lipinski definition) is 1. The minimum absolute atomic E-state index is 0.0431. The van der Waals surface area contributed by atoms with Gasteiger partial charge in [-0.15, -0.1) is 0 Å². The van der Waals surface area contributed by atoms with Crippen molar-refractivity contribution >= 4 is 17.6 Å². The van der Waals surface area contributed by atoms with E-state index in [1.165, 1.54) is 13.0 Å². The Morgan fingerprint density at radius 2 is 2.17 bits per heavy atom. The fourth-order valence-electron chi connectivity index (χ4n) is 1.30. The zero-order valence-corrected chi connectivity index (χ0v) is 10.2. The van der Waals surface area contributed by atoms with Gasteiger partial charge in [-0.25, -0.2) is 9.18 Å². The Hall–Kier alpha value is -1.27. The van der Waals surface area contributed by atoms with Crippen LogP contribution in [0.4, 0.5) is 13.2 Å². The van der Waals surface area contributed by atoms with Crippen LogP contribution in [-0.2, 0) is 9.53 Å². The number of halogens is 4. The third kappa shape index (κ3) is 2.94. The highest BCUT2D eigenvalue weighted by molar-refractivity contribution is 6.30. The van der Waals surface area contributed by atoms with Gasteiger partial charge in [0.15, 0.2) is 0 Å². The third-order valence-corrected chi connectivity index (χ3v) is 2.47. The minimum atomic E-state index is -4.03. The molecule has 0 saturated heterocycles. The summed E-state index contributed by atoms with van der Waals surface area (Å²) in [6, 6.07) is 0.888. The second-order valence-corrected chi connectivity index (χ2v) is 3.92. The van der Waals surface area contributed by atoms with E-state index in [4.69, 9.17) is 17.3 Å². The molecule has 0 amide bonds. The molecule has 1 rings (SSSR count). The second-order valence-electron chi connectivity index (χ2n) is 3.49. The first-order chi connectivity index (χ1) is 8.30. The largest absolute Gasteiger partial charge is 0.462 e. The monoisotopic (exact) mass is 281 g/mol. The molecule has 0 heterocycles. The van der Waals surface area contributed by atoms with E-state index >= 15 is 0 Å². The van der Waals surface area contributed by atoms with Crippen molar-refractivity contribution in [3.8, 4) is 0 Å². The predicted octanol–water partition coefficient (Wildman–Crippen LogP) is 2.68. The molecule has 0 spiro atoms. The average Bonchev–Trinajstić information content (AvgIpc) is 2.31. The Kier molecular flexibility index (Phi) is 4.59. The van der Waals surface area contributed by atoms with Crippen LogP contribution in [0.5, 0.6) is 0 Å². The van der Waals surface area contributed by atoms with Crippen molar-refractivity contribution in [1.82, 2.24) is 0 Å². The quantitative estimate of drug-likeness (QED) is 0.863. The molecular formula is C11H11ClF3NO2. The lowest BCUT2D eigenvalue weighted by Crippen LogP contribution is -2.42. The molecule has 0 radical (unpaired) electrons. The lowest BCUT2D eigenvalue weighted by Gasteiger charge is -2.22. The number of benzene rings is 1. The molecule has 0 fully saturated rings. The Morgan fingerprint density at radius 3 is 2.72 bits per heavy atom. The molecule has 3 nitrogen and oxygen atoms in total. The van der Waals surface area contributed by atoms with Gasteiger partial charge in [-0.05, 0) is 25.1 Å². The van der Waals surface area contributed by atoms with Gasteiger partial charge in [0.05, 0.1) is 6.61 Å². The highest BCUT2D eigenvalue weighted by Crippen LogP contribution is 2.33. The normalized spacial score (nSPS) is 13.2. The lowest BCUT2D eigenvalue weighted by atomic mass is 10.0. The van der Waals surface area contributed by atoms with Crippen molar-refractivity contribution in [2.75, 3.05) is 6.61 Å². The van der Waals surface area contributed by atoms with Crippen LogP contribution in [0.1, 0.15) is 18.5 Å². The first kappa shape index (κ1) is 14.8. The molecule has 7 heteroatoms. The van der Waals surface area contributed by atoms with Crippen LogP contribution in [-0.4, -0.2) is 18.5 Å². The fourth-order valence-corrected chi connectivity index (χ4v) is 1.48. The van der Waals surface area contributed by atoms with Gasteiger partial charge in [-0.1, -0.05) is 11.6 Å². The fraction of sp³-hybridized carbons (Fsp3) is 0.364. The van der Waals surface area contributed by atoms with Crippen LogP contribution >= 0.6 is 11.6 Å². The van der Waals surface area contributed by atoms with Crippen LogP contribution in [0.15, 0.2) is 18.2 Å². The molecule has 0 aromatic heterocycles. The van der Waals surface area contributed by atoms with E-state index in [-0.39, 0.29) is 11.6 Å². The van der Waals surface area contributed by atoms with Crippen LogP contribution in [0, 0.1) is 5.82 Å². The molecule has 0 unspecified atom stereocenters. The van der Waals surface area contributed by atoms with Gasteiger partial charge in [0.1, 0.15) is 11.9 Å². The molecular weight excluding hydrogens is 271 g/mol. The van der Waals surface area contributed by atoms with E-state index in [1.807, 2.05) is 0 Å². The zero-order chi connectivity index (χ0) is 13.9. The molecule has 1 aromatic carbocycles. The van der Waals surface area contributed by atoms with Crippen molar-refractivity contribution in [3.05, 3.63) is 34.6 Å². The molecule has 0 saturated carbocycles. The van der Waals surface area contributed by atoms with E-state index in [9.17, 15) is 18.0 Å². The molecule has 0 bridgehead atoms. The molecule has 2 N–H and O–H groups in total. The Labute approximate surface area is 107 Å². The number of ether oxygens (including phenoxy) is 1. The maximum Gasteiger partial charge on any atom is 0.379 e. The second kappa shape index (κ2) is 5.58. The van der Waals surface area contributed by atoms with Crippen LogP contribution in [0.25, 0.3) is 0 Å². The Bertz CT molecular complexity index is 454. The number of esters is 1. The van der Waals surface area contributed by atoms with Crippen LogP contribution in [0.3, 0.4) is 0 Å². The molecule has 18 heavy (non-hydrogen) atoms. The number of alkyl halides is 2. The summed E-state index contributed by atoms with van der Waals surface area (Å²) in [5, 5.41) is 0.0431. The summed E-state index contributed by atoms with van der Waals surface area (Å²) in [6.07, 6.45) is 0. The SMILES string of the molecule is CCOC(=O)C(F)(F)[C@H](N)c1cc(Cl)ccc1F. The van der Waals surface area contributed by atoms with Crippen molar-refractivity contribution in [2.45, 2.75) is 18.9 Å². The van der Waals surface area contributed by atoms with Gasteiger partial charge in [0.25, 0.3) is 0 Å². The van der Waals surface area contributed by atoms with Crippen molar-refractivity contribution in [2.24, 2.45) is 5.73 Å². The summed E-state index contributed by atoms with van der Waals surface area (Å²) < 4.78 is 44.7. The summed E-state index contributed by atoms with van der Waals surface area (Å²) in [7, 11) is 0. The van der Waals surface area contributed by atoms with E-state index < -0.39 is 29.3 Å². The summed E-state index contributed by atoms with van der Waals surface area (Å²) >= 11 is 5.57. The number of carbonyl (C=O) groups is 1. The van der Waals surface area contributed by atoms with E-state index in [2.05, 4.69) is 4.74 Å². The predicted molar refractivity (Wildman–Crippen MR) is 59.9 cm³/mol. The Morgan fingerprint density at radius 1 is 1.56 bits per heavy atom. The van der Waals surface area contributed by atoms with Crippen molar-refractivity contribution < 1.29 is 22.7 Å². The lowest BCUT2D eigenvalue weighted by molar-refractivity contribution is -0.174. The van der Waals surface area contributed by atoms with E-state index in [0.717, 1.165) is 12.1 Å². The van der Waals surface area contributed by atoms with Gasteiger partial charge in [-0.3, -0.25) is 0 Å². The molecule has 100 valence electrons. The summed E-state index contributed by atoms with van der Waals surface area (Å²) in [5.74, 6) is -6.78. The third-order valence-electron chi connectivity index (χ3n) is 2.23. The van der Waals surface area contributed by atoms with Gasteiger partial charge >= 0.3 is 11.9 Å². The molecule has 0 aliphatic carbocycles. The Balaban J connectivity index is 3.08. The summed E-state index contributed by atoms with van der Waals surface area (Å²) in [5.41, 5.74) is 4.68. The molecule has 1 aromatic rings. The van der Waals surface area contributed by atoms with E-state index in [0.29, 0.717) is 0 Å². The first-order valence-corrected chi connectivity index (χ1v) is 5.44. The smallest absolute Gasteiger partial charge is 0.379 e. The van der Waals surface area contributed by atoms with Gasteiger partial charge in [-0.2, -0.15) is 8.78 Å². The zero-order valence-electron chi connectivity index (χ0n) is 9.42. The highest BCUT2D eigenvalue weighted by atomic mass is 35.5.